The molecule has 0 aromatic heterocycles. The van der Waals surface area contributed by atoms with Crippen molar-refractivity contribution < 1.29 is 14.6 Å². The van der Waals surface area contributed by atoms with Gasteiger partial charge in [0.1, 0.15) is 5.60 Å². The summed E-state index contributed by atoms with van der Waals surface area (Å²) in [5.74, 6) is 6.36. The van der Waals surface area contributed by atoms with Gasteiger partial charge in [-0.15, -0.1) is 0 Å². The fraction of sp³-hybridized carbons (Fsp3) is 0.966. The molecule has 0 aliphatic heterocycles. The predicted octanol–water partition coefficient (Wildman–Crippen LogP) is 6.91. The van der Waals surface area contributed by atoms with Crippen molar-refractivity contribution in [2.45, 2.75) is 128 Å². The van der Waals surface area contributed by atoms with E-state index in [1.807, 2.05) is 6.92 Å². The summed E-state index contributed by atoms with van der Waals surface area (Å²) in [5, 5.41) is 11.4. The van der Waals surface area contributed by atoms with Crippen LogP contribution in [-0.2, 0) is 9.53 Å². The summed E-state index contributed by atoms with van der Waals surface area (Å²) in [6.45, 7) is 6.69. The zero-order valence-corrected chi connectivity index (χ0v) is 21.0. The van der Waals surface area contributed by atoms with Crippen LogP contribution in [0.4, 0.5) is 0 Å². The van der Waals surface area contributed by atoms with Crippen LogP contribution in [0.1, 0.15) is 117 Å². The molecule has 3 nitrogen and oxygen atoms in total. The van der Waals surface area contributed by atoms with Crippen molar-refractivity contribution in [3.63, 3.8) is 0 Å². The monoisotopic (exact) mass is 444 g/mol. The van der Waals surface area contributed by atoms with E-state index in [1.54, 1.807) is 0 Å². The molecule has 0 aromatic rings. The number of ether oxygens (including phenoxy) is 1. The zero-order valence-electron chi connectivity index (χ0n) is 21.0. The molecule has 0 radical (unpaired) electrons. The van der Waals surface area contributed by atoms with Gasteiger partial charge in [-0.1, -0.05) is 39.5 Å². The van der Waals surface area contributed by atoms with Gasteiger partial charge in [0.05, 0.1) is 12.0 Å². The average Bonchev–Trinajstić information content (AvgIpc) is 3.53. The molecule has 0 spiro atoms. The van der Waals surface area contributed by atoms with Gasteiger partial charge in [0.15, 0.2) is 0 Å². The maximum absolute atomic E-state index is 13.1. The van der Waals surface area contributed by atoms with E-state index in [0.29, 0.717) is 11.8 Å². The number of carbonyl (C=O) groups excluding carboxylic acids is 1. The second kappa shape index (κ2) is 8.90. The Hall–Kier alpha value is -0.570. The summed E-state index contributed by atoms with van der Waals surface area (Å²) in [5.41, 5.74) is -1.14. The molecular formula is C29H48O3. The van der Waals surface area contributed by atoms with Gasteiger partial charge in [-0.2, -0.15) is 0 Å². The van der Waals surface area contributed by atoms with Crippen molar-refractivity contribution in [3.05, 3.63) is 0 Å². The molecule has 0 amide bonds. The van der Waals surface area contributed by atoms with Crippen molar-refractivity contribution in [3.8, 4) is 0 Å². The number of hydrogen-bond donors (Lipinski definition) is 1. The molecule has 5 saturated carbocycles. The minimum Gasteiger partial charge on any atom is -0.459 e. The normalized spacial score (nSPS) is 42.3. The molecule has 5 rings (SSSR count). The molecule has 0 saturated heterocycles. The molecule has 182 valence electrons. The highest BCUT2D eigenvalue weighted by Crippen LogP contribution is 2.66. The van der Waals surface area contributed by atoms with E-state index < -0.39 is 5.60 Å². The van der Waals surface area contributed by atoms with Crippen LogP contribution in [0.5, 0.6) is 0 Å². The number of rotatable bonds is 8. The number of fused-ring (bicyclic) bond motifs is 5. The Labute approximate surface area is 196 Å². The van der Waals surface area contributed by atoms with Crippen LogP contribution in [0.25, 0.3) is 0 Å². The van der Waals surface area contributed by atoms with Crippen molar-refractivity contribution in [1.29, 1.82) is 0 Å². The highest BCUT2D eigenvalue weighted by molar-refractivity contribution is 5.71. The van der Waals surface area contributed by atoms with E-state index in [2.05, 4.69) is 13.8 Å². The lowest BCUT2D eigenvalue weighted by Crippen LogP contribution is -2.42. The highest BCUT2D eigenvalue weighted by Gasteiger charge is 2.60. The number of aliphatic hydroxyl groups is 1. The third-order valence-corrected chi connectivity index (χ3v) is 11.1. The van der Waals surface area contributed by atoms with Gasteiger partial charge in [0.2, 0.25) is 0 Å². The molecule has 5 aliphatic carbocycles. The van der Waals surface area contributed by atoms with Gasteiger partial charge in [-0.25, -0.2) is 0 Å². The Morgan fingerprint density at radius 3 is 2.25 bits per heavy atom. The SMILES string of the molecule is CCC1CC(CC)C2C3CC(CC3CC(C)(O)CC(=O)OC3(C4CCCC4)CCCC3)C12. The van der Waals surface area contributed by atoms with Crippen LogP contribution in [0, 0.1) is 47.3 Å². The van der Waals surface area contributed by atoms with Crippen LogP contribution >= 0.6 is 0 Å². The quantitative estimate of drug-likeness (QED) is 0.414. The minimum absolute atomic E-state index is 0.136. The van der Waals surface area contributed by atoms with E-state index in [-0.39, 0.29) is 18.0 Å². The lowest BCUT2D eigenvalue weighted by Gasteiger charge is -2.39. The summed E-state index contributed by atoms with van der Waals surface area (Å²) < 4.78 is 6.28. The first-order chi connectivity index (χ1) is 15.4. The Morgan fingerprint density at radius 2 is 1.59 bits per heavy atom. The average molecular weight is 445 g/mol. The topological polar surface area (TPSA) is 46.5 Å². The summed E-state index contributed by atoms with van der Waals surface area (Å²) >= 11 is 0. The maximum atomic E-state index is 13.1. The largest absolute Gasteiger partial charge is 0.459 e. The van der Waals surface area contributed by atoms with Crippen LogP contribution in [0.15, 0.2) is 0 Å². The van der Waals surface area contributed by atoms with E-state index >= 15 is 0 Å². The molecule has 5 fully saturated rings. The Bertz CT molecular complexity index is 672. The van der Waals surface area contributed by atoms with E-state index in [1.165, 1.54) is 70.6 Å². The van der Waals surface area contributed by atoms with Crippen LogP contribution < -0.4 is 0 Å². The summed E-state index contributed by atoms with van der Waals surface area (Å²) in [6.07, 6.45) is 17.2. The van der Waals surface area contributed by atoms with Gasteiger partial charge in [0.25, 0.3) is 0 Å². The Balaban J connectivity index is 1.20. The second-order valence-corrected chi connectivity index (χ2v) is 13.0. The van der Waals surface area contributed by atoms with Crippen LogP contribution in [0.2, 0.25) is 0 Å². The van der Waals surface area contributed by atoms with Gasteiger partial charge >= 0.3 is 5.97 Å². The lowest BCUT2D eigenvalue weighted by atomic mass is 9.68. The Kier molecular flexibility index (Phi) is 6.45. The zero-order chi connectivity index (χ0) is 22.5. The highest BCUT2D eigenvalue weighted by atomic mass is 16.6. The van der Waals surface area contributed by atoms with Crippen molar-refractivity contribution >= 4 is 5.97 Å². The van der Waals surface area contributed by atoms with Gasteiger partial charge in [-0.3, -0.25) is 4.79 Å². The van der Waals surface area contributed by atoms with E-state index in [4.69, 9.17) is 4.74 Å². The summed E-state index contributed by atoms with van der Waals surface area (Å²) in [4.78, 5) is 13.1. The molecular weight excluding hydrogens is 396 g/mol. The molecule has 2 bridgehead atoms. The first-order valence-electron chi connectivity index (χ1n) is 14.3. The molecule has 0 aromatic carbocycles. The van der Waals surface area contributed by atoms with Crippen molar-refractivity contribution in [2.24, 2.45) is 47.3 Å². The third kappa shape index (κ3) is 4.07. The third-order valence-electron chi connectivity index (χ3n) is 11.1. The van der Waals surface area contributed by atoms with E-state index in [0.717, 1.165) is 54.8 Å². The molecule has 8 atom stereocenters. The smallest absolute Gasteiger partial charge is 0.309 e. The van der Waals surface area contributed by atoms with Crippen molar-refractivity contribution in [1.82, 2.24) is 0 Å². The molecule has 1 N–H and O–H groups in total. The Morgan fingerprint density at radius 1 is 0.938 bits per heavy atom. The van der Waals surface area contributed by atoms with Gasteiger partial charge < -0.3 is 9.84 Å². The predicted molar refractivity (Wildman–Crippen MR) is 128 cm³/mol. The molecule has 5 aliphatic rings. The summed E-state index contributed by atoms with van der Waals surface area (Å²) in [6, 6.07) is 0. The number of carbonyl (C=O) groups is 1. The molecule has 0 heterocycles. The number of esters is 1. The molecule has 3 heteroatoms. The first kappa shape index (κ1) is 23.2. The standard InChI is InChI=1S/C29H48O3/c1-4-19-14-20(5-2)27-24-16-21(26(19)27)15-22(24)17-28(3,31)18-25(30)32-29(12-8-9-13-29)23-10-6-7-11-23/h19-24,26-27,31H,4-18H2,1-3H3. The number of hydrogen-bond acceptors (Lipinski definition) is 3. The fourth-order valence-electron chi connectivity index (χ4n) is 10.00. The maximum Gasteiger partial charge on any atom is 0.309 e. The lowest BCUT2D eigenvalue weighted by molar-refractivity contribution is -0.171. The summed E-state index contributed by atoms with van der Waals surface area (Å²) in [7, 11) is 0. The molecule has 32 heavy (non-hydrogen) atoms. The fourth-order valence-corrected chi connectivity index (χ4v) is 10.00. The minimum atomic E-state index is -0.929. The first-order valence-corrected chi connectivity index (χ1v) is 14.3. The van der Waals surface area contributed by atoms with Crippen molar-refractivity contribution in [2.75, 3.05) is 0 Å². The second-order valence-electron chi connectivity index (χ2n) is 13.0. The van der Waals surface area contributed by atoms with Crippen LogP contribution in [-0.4, -0.2) is 22.3 Å². The van der Waals surface area contributed by atoms with Gasteiger partial charge in [-0.05, 0) is 118 Å². The van der Waals surface area contributed by atoms with E-state index in [9.17, 15) is 9.90 Å². The molecule has 8 unspecified atom stereocenters. The van der Waals surface area contributed by atoms with Crippen LogP contribution in [0.3, 0.4) is 0 Å². The van der Waals surface area contributed by atoms with Gasteiger partial charge in [0, 0.05) is 0 Å².